The number of rotatable bonds is 5. The van der Waals surface area contributed by atoms with E-state index in [0.717, 1.165) is 11.1 Å². The molecule has 0 atom stereocenters. The molecule has 0 aliphatic rings. The van der Waals surface area contributed by atoms with Gasteiger partial charge in [0, 0.05) is 11.1 Å². The van der Waals surface area contributed by atoms with Crippen molar-refractivity contribution in [2.45, 2.75) is 6.92 Å². The summed E-state index contributed by atoms with van der Waals surface area (Å²) in [5, 5.41) is 12.4. The molecule has 5 nitrogen and oxygen atoms in total. The van der Waals surface area contributed by atoms with Crippen LogP contribution in [0.5, 0.6) is 0 Å². The van der Waals surface area contributed by atoms with Crippen LogP contribution in [-0.2, 0) is 4.74 Å². The third-order valence-electron chi connectivity index (χ3n) is 3.83. The van der Waals surface area contributed by atoms with E-state index in [1.165, 1.54) is 6.21 Å². The number of ether oxygens (including phenoxy) is 1. The van der Waals surface area contributed by atoms with E-state index in [0.29, 0.717) is 22.5 Å². The Balaban J connectivity index is 2.29. The zero-order chi connectivity index (χ0) is 17.6. The van der Waals surface area contributed by atoms with E-state index in [4.69, 9.17) is 9.94 Å². The van der Waals surface area contributed by atoms with Crippen molar-refractivity contribution in [1.82, 2.24) is 4.98 Å². The fourth-order valence-corrected chi connectivity index (χ4v) is 2.79. The molecule has 2 aromatic carbocycles. The molecule has 3 aromatic rings. The molecule has 0 saturated carbocycles. The van der Waals surface area contributed by atoms with Gasteiger partial charge >= 0.3 is 5.97 Å². The Morgan fingerprint density at radius 1 is 1.08 bits per heavy atom. The predicted octanol–water partition coefficient (Wildman–Crippen LogP) is 4.33. The number of hydrogen-bond donors (Lipinski definition) is 2. The molecule has 1 heterocycles. The van der Waals surface area contributed by atoms with Gasteiger partial charge in [-0.05, 0) is 18.1 Å². The fourth-order valence-electron chi connectivity index (χ4n) is 2.79. The number of benzene rings is 2. The highest BCUT2D eigenvalue weighted by atomic mass is 16.5. The fraction of sp³-hybridized carbons (Fsp3) is 0.100. The number of aromatic nitrogens is 1. The van der Waals surface area contributed by atoms with E-state index in [1.54, 1.807) is 6.92 Å². The summed E-state index contributed by atoms with van der Waals surface area (Å²) in [6.07, 6.45) is 1.34. The molecule has 126 valence electrons. The molecule has 0 fully saturated rings. The highest BCUT2D eigenvalue weighted by Gasteiger charge is 2.24. The zero-order valence-corrected chi connectivity index (χ0v) is 13.8. The number of nitrogens with one attached hydrogen (secondary N) is 1. The number of esters is 1. The summed E-state index contributed by atoms with van der Waals surface area (Å²) in [5.74, 6) is -0.448. The minimum atomic E-state index is -0.448. The smallest absolute Gasteiger partial charge is 0.355 e. The number of aromatic amines is 1. The van der Waals surface area contributed by atoms with Crippen molar-refractivity contribution in [3.8, 4) is 22.4 Å². The largest absolute Gasteiger partial charge is 0.461 e. The van der Waals surface area contributed by atoms with Gasteiger partial charge in [0.25, 0.3) is 0 Å². The Morgan fingerprint density at radius 2 is 1.68 bits per heavy atom. The maximum absolute atomic E-state index is 12.5. The van der Waals surface area contributed by atoms with Crippen molar-refractivity contribution in [3.05, 3.63) is 71.9 Å². The highest BCUT2D eigenvalue weighted by molar-refractivity contribution is 6.06. The van der Waals surface area contributed by atoms with Crippen LogP contribution in [-0.4, -0.2) is 29.0 Å². The number of carbonyl (C=O) groups is 1. The maximum Gasteiger partial charge on any atom is 0.355 e. The first-order chi connectivity index (χ1) is 12.3. The van der Waals surface area contributed by atoms with Crippen molar-refractivity contribution < 1.29 is 14.7 Å². The average molecular weight is 334 g/mol. The van der Waals surface area contributed by atoms with Crippen molar-refractivity contribution in [2.24, 2.45) is 5.16 Å². The third kappa shape index (κ3) is 3.30. The van der Waals surface area contributed by atoms with Gasteiger partial charge < -0.3 is 14.9 Å². The van der Waals surface area contributed by atoms with Crippen molar-refractivity contribution in [2.75, 3.05) is 6.61 Å². The van der Waals surface area contributed by atoms with Gasteiger partial charge in [-0.25, -0.2) is 4.79 Å². The van der Waals surface area contributed by atoms with Crippen LogP contribution >= 0.6 is 0 Å². The number of oxime groups is 1. The average Bonchev–Trinajstić information content (AvgIpc) is 3.03. The minimum Gasteiger partial charge on any atom is -0.461 e. The predicted molar refractivity (Wildman–Crippen MR) is 97.0 cm³/mol. The first kappa shape index (κ1) is 16.5. The van der Waals surface area contributed by atoms with Gasteiger partial charge in [-0.3, -0.25) is 0 Å². The second kappa shape index (κ2) is 7.49. The Bertz CT molecular complexity index is 884. The summed E-state index contributed by atoms with van der Waals surface area (Å²) in [4.78, 5) is 15.6. The second-order valence-corrected chi connectivity index (χ2v) is 5.36. The topological polar surface area (TPSA) is 74.7 Å². The number of hydrogen-bond acceptors (Lipinski definition) is 4. The van der Waals surface area contributed by atoms with E-state index >= 15 is 0 Å². The Kier molecular flexibility index (Phi) is 4.95. The van der Waals surface area contributed by atoms with Gasteiger partial charge in [0.1, 0.15) is 5.69 Å². The summed E-state index contributed by atoms with van der Waals surface area (Å²) in [6, 6.07) is 19.0. The van der Waals surface area contributed by atoms with Crippen molar-refractivity contribution in [3.63, 3.8) is 0 Å². The third-order valence-corrected chi connectivity index (χ3v) is 3.83. The van der Waals surface area contributed by atoms with Crippen LogP contribution in [0.15, 0.2) is 65.8 Å². The molecule has 0 aliphatic carbocycles. The van der Waals surface area contributed by atoms with Crippen LogP contribution in [0, 0.1) is 0 Å². The van der Waals surface area contributed by atoms with Gasteiger partial charge in [-0.1, -0.05) is 65.8 Å². The molecule has 1 aromatic heterocycles. The van der Waals surface area contributed by atoms with Gasteiger partial charge in [-0.15, -0.1) is 0 Å². The summed E-state index contributed by atoms with van der Waals surface area (Å²) in [5.41, 5.74) is 4.02. The lowest BCUT2D eigenvalue weighted by atomic mass is 9.98. The van der Waals surface area contributed by atoms with Crippen LogP contribution in [0.1, 0.15) is 23.0 Å². The number of H-pyrrole nitrogens is 1. The minimum absolute atomic E-state index is 0.274. The van der Waals surface area contributed by atoms with Gasteiger partial charge in [0.2, 0.25) is 0 Å². The van der Waals surface area contributed by atoms with Gasteiger partial charge in [-0.2, -0.15) is 0 Å². The summed E-state index contributed by atoms with van der Waals surface area (Å²) in [7, 11) is 0. The monoisotopic (exact) mass is 334 g/mol. The molecule has 0 unspecified atom stereocenters. The Morgan fingerprint density at radius 3 is 2.24 bits per heavy atom. The molecule has 0 saturated heterocycles. The van der Waals surface area contributed by atoms with Crippen LogP contribution in [0.3, 0.4) is 0 Å². The van der Waals surface area contributed by atoms with E-state index in [9.17, 15) is 4.79 Å². The quantitative estimate of drug-likeness (QED) is 0.315. The zero-order valence-electron chi connectivity index (χ0n) is 13.8. The number of carbonyl (C=O) groups excluding carboxylic acids is 1. The lowest BCUT2D eigenvalue weighted by molar-refractivity contribution is 0.0521. The van der Waals surface area contributed by atoms with Crippen LogP contribution in [0.2, 0.25) is 0 Å². The molecular formula is C20H18N2O3. The van der Waals surface area contributed by atoms with Crippen molar-refractivity contribution >= 4 is 12.2 Å². The molecule has 2 N–H and O–H groups in total. The normalized spacial score (nSPS) is 10.9. The molecule has 0 amide bonds. The molecule has 25 heavy (non-hydrogen) atoms. The molecule has 5 heteroatoms. The second-order valence-electron chi connectivity index (χ2n) is 5.36. The van der Waals surface area contributed by atoms with Crippen LogP contribution in [0.4, 0.5) is 0 Å². The van der Waals surface area contributed by atoms with Crippen LogP contribution in [0.25, 0.3) is 22.4 Å². The number of nitrogens with zero attached hydrogens (tertiary/aromatic N) is 1. The van der Waals surface area contributed by atoms with E-state index in [1.807, 2.05) is 60.7 Å². The molecule has 0 spiro atoms. The first-order valence-corrected chi connectivity index (χ1v) is 7.97. The lowest BCUT2D eigenvalue weighted by Crippen LogP contribution is -2.06. The molecular weight excluding hydrogens is 316 g/mol. The van der Waals surface area contributed by atoms with E-state index in [2.05, 4.69) is 10.1 Å². The van der Waals surface area contributed by atoms with E-state index in [-0.39, 0.29) is 6.61 Å². The molecule has 0 aliphatic heterocycles. The maximum atomic E-state index is 12.5. The SMILES string of the molecule is CCOC(=O)c1[nH]c(-c2ccccc2)c(/C=N/O)c1-c1ccccc1. The van der Waals surface area contributed by atoms with Gasteiger partial charge in [0.15, 0.2) is 0 Å². The standard InChI is InChI=1S/C20H18N2O3/c1-2-25-20(23)19-17(14-9-5-3-6-10-14)16(13-21-24)18(22-19)15-11-7-4-8-12-15/h3-13,22,24H,2H2,1H3/b21-13+. The van der Waals surface area contributed by atoms with Crippen molar-refractivity contribution in [1.29, 1.82) is 0 Å². The Hall–Kier alpha value is -3.34. The summed E-state index contributed by atoms with van der Waals surface area (Å²) < 4.78 is 5.20. The summed E-state index contributed by atoms with van der Waals surface area (Å²) in [6.45, 7) is 2.04. The van der Waals surface area contributed by atoms with Gasteiger partial charge in [0.05, 0.1) is 18.5 Å². The Labute approximate surface area is 145 Å². The van der Waals surface area contributed by atoms with E-state index < -0.39 is 5.97 Å². The van der Waals surface area contributed by atoms with Crippen LogP contribution < -0.4 is 0 Å². The first-order valence-electron chi connectivity index (χ1n) is 7.97. The molecule has 0 bridgehead atoms. The summed E-state index contributed by atoms with van der Waals surface area (Å²) >= 11 is 0. The highest BCUT2D eigenvalue weighted by Crippen LogP contribution is 2.35. The molecule has 3 rings (SSSR count). The lowest BCUT2D eigenvalue weighted by Gasteiger charge is -2.05. The molecule has 0 radical (unpaired) electrons.